The van der Waals surface area contributed by atoms with E-state index in [2.05, 4.69) is 0 Å². The number of nitrogens with two attached hydrogens (primary N) is 1. The maximum atomic E-state index is 12.5. The molecular weight excluding hydrogens is 284 g/mol. The molecule has 126 valence electrons. The van der Waals surface area contributed by atoms with Crippen LogP contribution >= 0.6 is 0 Å². The van der Waals surface area contributed by atoms with E-state index >= 15 is 0 Å². The third-order valence-electron chi connectivity index (χ3n) is 3.76. The smallest absolute Gasteiger partial charge is 0.329 e. The predicted molar refractivity (Wildman–Crippen MR) is 83.0 cm³/mol. The van der Waals surface area contributed by atoms with Gasteiger partial charge in [0, 0.05) is 18.5 Å². The van der Waals surface area contributed by atoms with Gasteiger partial charge in [0.2, 0.25) is 5.78 Å². The number of carbonyl (C=O) groups is 3. The Hall–Kier alpha value is -1.43. The highest BCUT2D eigenvalue weighted by Crippen LogP contribution is 2.24. The molecule has 0 aromatic carbocycles. The molecule has 1 saturated heterocycles. The van der Waals surface area contributed by atoms with Crippen molar-refractivity contribution in [2.45, 2.75) is 65.5 Å². The number of Topliss-reactive ketones (excluding diaryl/α,β-unsaturated/α-hetero) is 1. The van der Waals surface area contributed by atoms with E-state index in [4.69, 9.17) is 10.5 Å². The van der Waals surface area contributed by atoms with Crippen molar-refractivity contribution in [2.24, 2.45) is 11.1 Å². The molecule has 2 N–H and O–H groups in total. The molecule has 0 aromatic rings. The van der Waals surface area contributed by atoms with Crippen LogP contribution in [0.5, 0.6) is 0 Å². The number of ether oxygens (including phenoxy) is 1. The molecule has 1 heterocycles. The minimum Gasteiger partial charge on any atom is -0.458 e. The number of ketones is 1. The molecule has 1 amide bonds. The highest BCUT2D eigenvalue weighted by molar-refractivity contribution is 6.38. The number of carbonyl (C=O) groups excluding carboxylic acids is 3. The number of piperidine rings is 1. The Balaban J connectivity index is 2.92. The van der Waals surface area contributed by atoms with Gasteiger partial charge >= 0.3 is 5.97 Å². The molecule has 6 nitrogen and oxygen atoms in total. The number of amides is 1. The molecule has 1 aliphatic heterocycles. The van der Waals surface area contributed by atoms with Crippen LogP contribution in [0, 0.1) is 5.41 Å². The second-order valence-corrected chi connectivity index (χ2v) is 7.46. The van der Waals surface area contributed by atoms with Crippen molar-refractivity contribution in [1.82, 2.24) is 4.90 Å². The molecule has 0 aliphatic carbocycles. The molecule has 1 rings (SSSR count). The maximum absolute atomic E-state index is 12.5. The number of nitrogens with zero attached hydrogens (tertiary/aromatic N) is 1. The SMILES string of the molecule is CC(C)(C)OC(=O)[C@@H]1CCCCN1C(=O)C(=O)C(C)(C)CN. The lowest BCUT2D eigenvalue weighted by Gasteiger charge is -2.36. The summed E-state index contributed by atoms with van der Waals surface area (Å²) in [6.45, 7) is 9.10. The molecule has 22 heavy (non-hydrogen) atoms. The fraction of sp³-hybridized carbons (Fsp3) is 0.812. The second kappa shape index (κ2) is 6.77. The summed E-state index contributed by atoms with van der Waals surface area (Å²) in [5.74, 6) is -1.63. The van der Waals surface area contributed by atoms with Crippen LogP contribution in [0.25, 0.3) is 0 Å². The second-order valence-electron chi connectivity index (χ2n) is 7.46. The third kappa shape index (κ3) is 4.53. The lowest BCUT2D eigenvalue weighted by molar-refractivity contribution is -0.168. The van der Waals surface area contributed by atoms with E-state index in [0.29, 0.717) is 13.0 Å². The quantitative estimate of drug-likeness (QED) is 0.623. The van der Waals surface area contributed by atoms with Crippen molar-refractivity contribution in [3.63, 3.8) is 0 Å². The first-order valence-electron chi connectivity index (χ1n) is 7.78. The van der Waals surface area contributed by atoms with Gasteiger partial charge in [0.1, 0.15) is 11.6 Å². The van der Waals surface area contributed by atoms with Crippen LogP contribution in [0.3, 0.4) is 0 Å². The van der Waals surface area contributed by atoms with Crippen molar-refractivity contribution < 1.29 is 19.1 Å². The van der Waals surface area contributed by atoms with Crippen LogP contribution in [0.1, 0.15) is 53.9 Å². The Morgan fingerprint density at radius 2 is 1.73 bits per heavy atom. The van der Waals surface area contributed by atoms with E-state index < -0.39 is 34.7 Å². The average Bonchev–Trinajstić information content (AvgIpc) is 2.43. The van der Waals surface area contributed by atoms with Gasteiger partial charge < -0.3 is 15.4 Å². The number of hydrogen-bond donors (Lipinski definition) is 1. The predicted octanol–water partition coefficient (Wildman–Crippen LogP) is 1.26. The van der Waals surface area contributed by atoms with Gasteiger partial charge in [-0.25, -0.2) is 4.79 Å². The Bertz CT molecular complexity index is 452. The van der Waals surface area contributed by atoms with Crippen molar-refractivity contribution in [1.29, 1.82) is 0 Å². The highest BCUT2D eigenvalue weighted by Gasteiger charge is 2.41. The van der Waals surface area contributed by atoms with Gasteiger partial charge in [-0.05, 0) is 40.0 Å². The normalized spacial score (nSPS) is 19.7. The van der Waals surface area contributed by atoms with Crippen molar-refractivity contribution in [3.8, 4) is 0 Å². The average molecular weight is 312 g/mol. The van der Waals surface area contributed by atoms with Crippen molar-refractivity contribution >= 4 is 17.7 Å². The summed E-state index contributed by atoms with van der Waals surface area (Å²) >= 11 is 0. The first-order valence-corrected chi connectivity index (χ1v) is 7.78. The first-order chi connectivity index (χ1) is 9.99. The lowest BCUT2D eigenvalue weighted by Crippen LogP contribution is -2.54. The van der Waals surface area contributed by atoms with Gasteiger partial charge in [0.15, 0.2) is 0 Å². The number of esters is 1. The molecule has 0 saturated carbocycles. The summed E-state index contributed by atoms with van der Waals surface area (Å²) in [5, 5.41) is 0. The van der Waals surface area contributed by atoms with Gasteiger partial charge in [0.25, 0.3) is 5.91 Å². The number of likely N-dealkylation sites (tertiary alicyclic amines) is 1. The highest BCUT2D eigenvalue weighted by atomic mass is 16.6. The van der Waals surface area contributed by atoms with Crippen molar-refractivity contribution in [3.05, 3.63) is 0 Å². The monoisotopic (exact) mass is 312 g/mol. The summed E-state index contributed by atoms with van der Waals surface area (Å²) in [6.07, 6.45) is 2.14. The van der Waals surface area contributed by atoms with Gasteiger partial charge in [-0.15, -0.1) is 0 Å². The lowest BCUT2D eigenvalue weighted by atomic mass is 9.86. The topological polar surface area (TPSA) is 89.7 Å². The fourth-order valence-electron chi connectivity index (χ4n) is 2.30. The summed E-state index contributed by atoms with van der Waals surface area (Å²) in [5.41, 5.74) is 4.02. The molecule has 1 aliphatic rings. The van der Waals surface area contributed by atoms with Crippen LogP contribution in [-0.2, 0) is 19.1 Å². The molecule has 1 fully saturated rings. The number of rotatable bonds is 4. The minimum absolute atomic E-state index is 0.0858. The third-order valence-corrected chi connectivity index (χ3v) is 3.76. The standard InChI is InChI=1S/C16H28N2O4/c1-15(2,3)22-14(21)11-8-6-7-9-18(11)13(20)12(19)16(4,5)10-17/h11H,6-10,17H2,1-5H3/t11-/m0/s1. The molecular formula is C16H28N2O4. The molecule has 1 atom stereocenters. The molecule has 0 unspecified atom stereocenters. The van der Waals surface area contributed by atoms with Crippen LogP contribution in [-0.4, -0.2) is 47.3 Å². The fourth-order valence-corrected chi connectivity index (χ4v) is 2.30. The maximum Gasteiger partial charge on any atom is 0.329 e. The van der Waals surface area contributed by atoms with Crippen LogP contribution in [0.2, 0.25) is 0 Å². The largest absolute Gasteiger partial charge is 0.458 e. The Kier molecular flexibility index (Phi) is 5.73. The van der Waals surface area contributed by atoms with E-state index in [9.17, 15) is 14.4 Å². The van der Waals surface area contributed by atoms with Crippen LogP contribution in [0.15, 0.2) is 0 Å². The summed E-state index contributed by atoms with van der Waals surface area (Å²) in [4.78, 5) is 38.5. The van der Waals surface area contributed by atoms with Gasteiger partial charge in [-0.2, -0.15) is 0 Å². The molecule has 6 heteroatoms. The van der Waals surface area contributed by atoms with E-state index in [0.717, 1.165) is 12.8 Å². The van der Waals surface area contributed by atoms with Gasteiger partial charge in [-0.3, -0.25) is 9.59 Å². The molecule has 0 spiro atoms. The van der Waals surface area contributed by atoms with Crippen molar-refractivity contribution in [2.75, 3.05) is 13.1 Å². The van der Waals surface area contributed by atoms with E-state index in [-0.39, 0.29) is 6.54 Å². The summed E-state index contributed by atoms with van der Waals surface area (Å²) < 4.78 is 5.38. The molecule has 0 bridgehead atoms. The van der Waals surface area contributed by atoms with Crippen LogP contribution < -0.4 is 5.73 Å². The minimum atomic E-state index is -0.924. The van der Waals surface area contributed by atoms with Gasteiger partial charge in [0.05, 0.1) is 0 Å². The van der Waals surface area contributed by atoms with Crippen LogP contribution in [0.4, 0.5) is 0 Å². The Morgan fingerprint density at radius 1 is 1.14 bits per heavy atom. The van der Waals surface area contributed by atoms with E-state index in [1.165, 1.54) is 4.90 Å². The number of hydrogen-bond acceptors (Lipinski definition) is 5. The Labute approximate surface area is 132 Å². The van der Waals surface area contributed by atoms with E-state index in [1.54, 1.807) is 34.6 Å². The summed E-state index contributed by atoms with van der Waals surface area (Å²) in [7, 11) is 0. The zero-order chi connectivity index (χ0) is 17.1. The zero-order valence-corrected chi connectivity index (χ0v) is 14.3. The van der Waals surface area contributed by atoms with Gasteiger partial charge in [-0.1, -0.05) is 13.8 Å². The zero-order valence-electron chi connectivity index (χ0n) is 14.3. The van der Waals surface area contributed by atoms with E-state index in [1.807, 2.05) is 0 Å². The molecule has 0 aromatic heterocycles. The summed E-state index contributed by atoms with van der Waals surface area (Å²) in [6, 6.07) is -0.682. The first kappa shape index (κ1) is 18.6. The molecule has 0 radical (unpaired) electrons. The Morgan fingerprint density at radius 3 is 2.23 bits per heavy atom.